The molecule has 0 saturated heterocycles. The maximum Gasteiger partial charge on any atom is 1.00 e. The van der Waals surface area contributed by atoms with Gasteiger partial charge >= 0.3 is 17.1 Å². The fourth-order valence-electron chi connectivity index (χ4n) is 0. The van der Waals surface area contributed by atoms with Crippen LogP contribution in [0.5, 0.6) is 0 Å². The summed E-state index contributed by atoms with van der Waals surface area (Å²) in [5.41, 5.74) is 0. The van der Waals surface area contributed by atoms with Gasteiger partial charge in [-0.2, -0.15) is 10.5 Å². The zero-order valence-electron chi connectivity index (χ0n) is 2.20. The third-order valence-corrected chi connectivity index (χ3v) is 0.0500. The second kappa shape index (κ2) is 9.72. The molecule has 0 saturated carbocycles. The van der Waals surface area contributed by atoms with Gasteiger partial charge in [0.2, 0.25) is 0 Å². The molecule has 0 bridgehead atoms. The van der Waals surface area contributed by atoms with Crippen LogP contribution in [0.15, 0.2) is 0 Å². The molecule has 0 aromatic rings. The smallest absolute Gasteiger partial charge is 0.181 e. The van der Waals surface area contributed by atoms with Crippen LogP contribution in [0.25, 0.3) is 0 Å². The Hall–Kier alpha value is -0.501. The molecule has 0 radical (unpaired) electrons. The van der Waals surface area contributed by atoms with Gasteiger partial charge in [-0.3, -0.25) is 0 Å². The molecular weight excluding hydrogens is 116 g/mol. The van der Waals surface area contributed by atoms with Crippen LogP contribution in [0.2, 0.25) is 0 Å². The van der Waals surface area contributed by atoms with Gasteiger partial charge in [-0.05, 0) is 0 Å². The van der Waals surface area contributed by atoms with E-state index in [1.54, 1.807) is 0 Å². The van der Waals surface area contributed by atoms with Crippen LogP contribution in [0.4, 0.5) is 0 Å². The SMILES string of the molecule is N#CC#N.[Cu+]. The molecule has 0 spiro atoms. The van der Waals surface area contributed by atoms with E-state index in [-0.39, 0.29) is 17.1 Å². The van der Waals surface area contributed by atoms with Crippen LogP contribution >= 0.6 is 0 Å². The molecule has 0 amide bonds. The van der Waals surface area contributed by atoms with Gasteiger partial charge in [0.1, 0.15) is 0 Å². The zero-order valence-corrected chi connectivity index (χ0v) is 3.14. The van der Waals surface area contributed by atoms with E-state index in [2.05, 4.69) is 0 Å². The molecule has 0 aromatic carbocycles. The topological polar surface area (TPSA) is 47.6 Å². The van der Waals surface area contributed by atoms with Crippen molar-refractivity contribution >= 4 is 0 Å². The average Bonchev–Trinajstić information content (AvgIpc) is 1.37. The van der Waals surface area contributed by atoms with Gasteiger partial charge in [-0.1, -0.05) is 0 Å². The van der Waals surface area contributed by atoms with E-state index in [9.17, 15) is 0 Å². The number of hydrogen-bond donors (Lipinski definition) is 0. The second-order valence-electron chi connectivity index (χ2n) is 0.224. The van der Waals surface area contributed by atoms with Gasteiger partial charge in [-0.25, -0.2) is 0 Å². The van der Waals surface area contributed by atoms with Crippen molar-refractivity contribution in [1.29, 1.82) is 10.5 Å². The van der Waals surface area contributed by atoms with Crippen molar-refractivity contribution in [2.24, 2.45) is 0 Å². The van der Waals surface area contributed by atoms with E-state index in [0.29, 0.717) is 0 Å². The average molecular weight is 116 g/mol. The van der Waals surface area contributed by atoms with Gasteiger partial charge in [0.15, 0.2) is 12.1 Å². The first kappa shape index (κ1) is 8.82. The number of rotatable bonds is 0. The Bertz CT molecular complexity index is 62.6. The molecule has 2 nitrogen and oxygen atoms in total. The summed E-state index contributed by atoms with van der Waals surface area (Å²) >= 11 is 0. The molecule has 0 unspecified atom stereocenters. The first-order valence-electron chi connectivity index (χ1n) is 0.697. The maximum absolute atomic E-state index is 7.26. The summed E-state index contributed by atoms with van der Waals surface area (Å²) in [6.45, 7) is 0. The molecule has 0 atom stereocenters. The van der Waals surface area contributed by atoms with Crippen LogP contribution in [-0.2, 0) is 17.1 Å². The van der Waals surface area contributed by atoms with Crippen molar-refractivity contribution < 1.29 is 17.1 Å². The molecular formula is C2CuN2+. The quantitative estimate of drug-likeness (QED) is 0.419. The van der Waals surface area contributed by atoms with Crippen molar-refractivity contribution in [3.05, 3.63) is 0 Å². The molecule has 0 aromatic heterocycles. The molecule has 0 heterocycles. The number of nitrogens with zero attached hydrogens (tertiary/aromatic N) is 2. The first-order valence-corrected chi connectivity index (χ1v) is 0.697. The van der Waals surface area contributed by atoms with Gasteiger partial charge in [-0.15, -0.1) is 0 Å². The molecule has 0 rings (SSSR count). The van der Waals surface area contributed by atoms with Crippen molar-refractivity contribution in [3.63, 3.8) is 0 Å². The van der Waals surface area contributed by atoms with Gasteiger partial charge in [0.25, 0.3) is 0 Å². The minimum atomic E-state index is 0. The van der Waals surface area contributed by atoms with Crippen LogP contribution in [0.1, 0.15) is 0 Å². The van der Waals surface area contributed by atoms with E-state index < -0.39 is 0 Å². The van der Waals surface area contributed by atoms with Crippen LogP contribution < -0.4 is 0 Å². The normalized spacial score (nSPS) is 2.00. The van der Waals surface area contributed by atoms with E-state index in [0.717, 1.165) is 0 Å². The first-order chi connectivity index (χ1) is 1.91. The fraction of sp³-hybridized carbons (Fsp3) is 0. The second-order valence-corrected chi connectivity index (χ2v) is 0.224. The summed E-state index contributed by atoms with van der Waals surface area (Å²) in [6.07, 6.45) is 0. The minimum absolute atomic E-state index is 0. The third-order valence-electron chi connectivity index (χ3n) is 0.0500. The molecule has 3 heteroatoms. The standard InChI is InChI=1S/C2N2.Cu/c3-1-2-4;/q;+1. The molecule has 0 aliphatic carbocycles. The molecule has 0 aliphatic heterocycles. The summed E-state index contributed by atoms with van der Waals surface area (Å²) < 4.78 is 0. The van der Waals surface area contributed by atoms with Gasteiger partial charge in [0, 0.05) is 0 Å². The predicted molar refractivity (Wildman–Crippen MR) is 11.2 cm³/mol. The summed E-state index contributed by atoms with van der Waals surface area (Å²) in [4.78, 5) is 0. The van der Waals surface area contributed by atoms with E-state index in [4.69, 9.17) is 10.5 Å². The summed E-state index contributed by atoms with van der Waals surface area (Å²) in [5, 5.41) is 14.5. The fourth-order valence-corrected chi connectivity index (χ4v) is 0. The predicted octanol–water partition coefficient (Wildman–Crippen LogP) is 0.0311. The molecule has 0 N–H and O–H groups in total. The number of hydrogen-bond acceptors (Lipinski definition) is 2. The van der Waals surface area contributed by atoms with E-state index in [1.165, 1.54) is 12.1 Å². The van der Waals surface area contributed by atoms with E-state index >= 15 is 0 Å². The van der Waals surface area contributed by atoms with E-state index in [1.807, 2.05) is 0 Å². The van der Waals surface area contributed by atoms with Crippen LogP contribution in [0.3, 0.4) is 0 Å². The minimum Gasteiger partial charge on any atom is -0.181 e. The summed E-state index contributed by atoms with van der Waals surface area (Å²) in [7, 11) is 0. The van der Waals surface area contributed by atoms with Crippen LogP contribution in [-0.4, -0.2) is 0 Å². The van der Waals surface area contributed by atoms with Crippen molar-refractivity contribution in [2.75, 3.05) is 0 Å². The van der Waals surface area contributed by atoms with Gasteiger partial charge < -0.3 is 0 Å². The summed E-state index contributed by atoms with van der Waals surface area (Å²) in [5.74, 6) is 0. The van der Waals surface area contributed by atoms with Gasteiger partial charge in [0.05, 0.1) is 0 Å². The van der Waals surface area contributed by atoms with Crippen molar-refractivity contribution in [1.82, 2.24) is 0 Å². The Morgan fingerprint density at radius 3 is 1.20 bits per heavy atom. The Morgan fingerprint density at radius 1 is 1.00 bits per heavy atom. The Balaban J connectivity index is 0. The maximum atomic E-state index is 7.26. The molecule has 28 valence electrons. The Labute approximate surface area is 40.5 Å². The number of nitriles is 2. The van der Waals surface area contributed by atoms with Crippen LogP contribution in [0, 0.1) is 22.7 Å². The third kappa shape index (κ3) is 31.5. The molecule has 5 heavy (non-hydrogen) atoms. The zero-order chi connectivity index (χ0) is 3.41. The monoisotopic (exact) mass is 115 g/mol. The van der Waals surface area contributed by atoms with Crippen molar-refractivity contribution in [2.45, 2.75) is 0 Å². The Kier molecular flexibility index (Phi) is 17.2. The summed E-state index contributed by atoms with van der Waals surface area (Å²) in [6, 6.07) is 2.47. The molecule has 0 aliphatic rings. The largest absolute Gasteiger partial charge is 1.00 e. The van der Waals surface area contributed by atoms with Crippen molar-refractivity contribution in [3.8, 4) is 12.1 Å². The molecule has 0 fully saturated rings. The Morgan fingerprint density at radius 2 is 1.20 bits per heavy atom.